The van der Waals surface area contributed by atoms with Gasteiger partial charge in [0.2, 0.25) is 5.91 Å². The summed E-state index contributed by atoms with van der Waals surface area (Å²) in [6.45, 7) is 0.496. The highest BCUT2D eigenvalue weighted by Crippen LogP contribution is 2.26. The molecule has 0 aliphatic carbocycles. The highest BCUT2D eigenvalue weighted by molar-refractivity contribution is 5.98. The Morgan fingerprint density at radius 2 is 1.80 bits per heavy atom. The first-order valence-corrected chi connectivity index (χ1v) is 8.16. The zero-order chi connectivity index (χ0) is 17.6. The van der Waals surface area contributed by atoms with Crippen molar-refractivity contribution in [2.24, 2.45) is 0 Å². The van der Waals surface area contributed by atoms with Gasteiger partial charge >= 0.3 is 6.09 Å². The molecule has 6 nitrogen and oxygen atoms in total. The van der Waals surface area contributed by atoms with Gasteiger partial charge in [0.15, 0.2) is 0 Å². The molecule has 1 aliphatic heterocycles. The van der Waals surface area contributed by atoms with E-state index in [2.05, 4.69) is 5.32 Å². The Kier molecular flexibility index (Phi) is 5.18. The van der Waals surface area contributed by atoms with E-state index in [-0.39, 0.29) is 5.91 Å². The first-order chi connectivity index (χ1) is 12.2. The van der Waals surface area contributed by atoms with Gasteiger partial charge in [-0.05, 0) is 37.1 Å². The van der Waals surface area contributed by atoms with Crippen LogP contribution >= 0.6 is 0 Å². The van der Waals surface area contributed by atoms with E-state index in [1.807, 2.05) is 18.2 Å². The Morgan fingerprint density at radius 3 is 2.56 bits per heavy atom. The van der Waals surface area contributed by atoms with Gasteiger partial charge < -0.3 is 14.8 Å². The lowest BCUT2D eigenvalue weighted by Crippen LogP contribution is -2.44. The molecule has 3 rings (SSSR count). The molecule has 1 fully saturated rings. The maximum Gasteiger partial charge on any atom is 0.415 e. The Balaban J connectivity index is 1.68. The smallest absolute Gasteiger partial charge is 0.415 e. The minimum atomic E-state index is -0.555. The van der Waals surface area contributed by atoms with Gasteiger partial charge in [-0.15, -0.1) is 0 Å². The number of rotatable bonds is 4. The number of nitrogens with one attached hydrogen (secondary N) is 1. The second-order valence-electron chi connectivity index (χ2n) is 5.72. The van der Waals surface area contributed by atoms with Crippen molar-refractivity contribution in [1.82, 2.24) is 4.90 Å². The van der Waals surface area contributed by atoms with Crippen molar-refractivity contribution in [3.05, 3.63) is 54.6 Å². The van der Waals surface area contributed by atoms with E-state index in [0.29, 0.717) is 30.2 Å². The van der Waals surface area contributed by atoms with E-state index in [1.54, 1.807) is 43.5 Å². The standard InChI is InChI=1S/C19H20N2O4/c1-24-17-12-6-5-10-15(17)20-18(22)16-11-7-13-21(16)19(23)25-14-8-3-2-4-9-14/h2-6,8-10,12,16H,7,11,13H2,1H3,(H,20,22). The molecular weight excluding hydrogens is 320 g/mol. The number of likely N-dealkylation sites (tertiary alicyclic amines) is 1. The summed E-state index contributed by atoms with van der Waals surface area (Å²) in [5.41, 5.74) is 0.582. The van der Waals surface area contributed by atoms with Crippen LogP contribution in [0.15, 0.2) is 54.6 Å². The lowest BCUT2D eigenvalue weighted by Gasteiger charge is -2.23. The number of nitrogens with zero attached hydrogens (tertiary/aromatic N) is 1. The van der Waals surface area contributed by atoms with Crippen molar-refractivity contribution >= 4 is 17.7 Å². The lowest BCUT2D eigenvalue weighted by atomic mass is 10.2. The van der Waals surface area contributed by atoms with Crippen LogP contribution < -0.4 is 14.8 Å². The number of ether oxygens (including phenoxy) is 2. The molecule has 1 N–H and O–H groups in total. The highest BCUT2D eigenvalue weighted by atomic mass is 16.6. The summed E-state index contributed by atoms with van der Waals surface area (Å²) < 4.78 is 10.6. The Labute approximate surface area is 146 Å². The third kappa shape index (κ3) is 3.91. The summed E-state index contributed by atoms with van der Waals surface area (Å²) >= 11 is 0. The van der Waals surface area contributed by atoms with E-state index in [0.717, 1.165) is 6.42 Å². The van der Waals surface area contributed by atoms with Gasteiger partial charge in [0, 0.05) is 6.54 Å². The van der Waals surface area contributed by atoms with Crippen LogP contribution in [-0.2, 0) is 4.79 Å². The summed E-state index contributed by atoms with van der Waals surface area (Å²) in [4.78, 5) is 26.5. The molecule has 0 radical (unpaired) electrons. The van der Waals surface area contributed by atoms with E-state index in [4.69, 9.17) is 9.47 Å². The predicted octanol–water partition coefficient (Wildman–Crippen LogP) is 3.30. The van der Waals surface area contributed by atoms with Crippen LogP contribution in [0.2, 0.25) is 0 Å². The van der Waals surface area contributed by atoms with Gasteiger partial charge in [-0.3, -0.25) is 9.69 Å². The largest absolute Gasteiger partial charge is 0.495 e. The van der Waals surface area contributed by atoms with Gasteiger partial charge in [-0.2, -0.15) is 0 Å². The fourth-order valence-corrected chi connectivity index (χ4v) is 2.87. The average molecular weight is 340 g/mol. The zero-order valence-electron chi connectivity index (χ0n) is 14.0. The number of hydrogen-bond acceptors (Lipinski definition) is 4. The Bertz CT molecular complexity index is 748. The molecule has 2 amide bonds. The van der Waals surface area contributed by atoms with Crippen molar-refractivity contribution in [2.75, 3.05) is 19.0 Å². The summed E-state index contributed by atoms with van der Waals surface area (Å²) in [5, 5.41) is 2.84. The molecule has 1 aliphatic rings. The van der Waals surface area contributed by atoms with Crippen molar-refractivity contribution in [2.45, 2.75) is 18.9 Å². The molecule has 1 saturated heterocycles. The van der Waals surface area contributed by atoms with Gasteiger partial charge in [0.1, 0.15) is 17.5 Å². The SMILES string of the molecule is COc1ccccc1NC(=O)C1CCCN1C(=O)Oc1ccccc1. The van der Waals surface area contributed by atoms with E-state index in [9.17, 15) is 9.59 Å². The number of carbonyl (C=O) groups is 2. The number of para-hydroxylation sites is 3. The molecule has 25 heavy (non-hydrogen) atoms. The molecule has 0 spiro atoms. The molecule has 0 aromatic heterocycles. The molecule has 2 aromatic rings. The summed E-state index contributed by atoms with van der Waals surface area (Å²) in [6, 6.07) is 15.5. The summed E-state index contributed by atoms with van der Waals surface area (Å²) in [5.74, 6) is 0.794. The second-order valence-corrected chi connectivity index (χ2v) is 5.72. The molecule has 0 saturated carbocycles. The maximum atomic E-state index is 12.6. The van der Waals surface area contributed by atoms with Crippen molar-refractivity contribution in [3.63, 3.8) is 0 Å². The van der Waals surface area contributed by atoms with Crippen LogP contribution in [0, 0.1) is 0 Å². The molecule has 1 unspecified atom stereocenters. The van der Waals surface area contributed by atoms with E-state index < -0.39 is 12.1 Å². The molecule has 130 valence electrons. The second kappa shape index (κ2) is 7.70. The topological polar surface area (TPSA) is 67.9 Å². The third-order valence-corrected chi connectivity index (χ3v) is 4.10. The van der Waals surface area contributed by atoms with Gasteiger partial charge in [0.25, 0.3) is 0 Å². The van der Waals surface area contributed by atoms with E-state index in [1.165, 1.54) is 4.90 Å². The highest BCUT2D eigenvalue weighted by Gasteiger charge is 2.35. The van der Waals surface area contributed by atoms with Gasteiger partial charge in [-0.1, -0.05) is 30.3 Å². The Morgan fingerprint density at radius 1 is 1.08 bits per heavy atom. The number of amides is 2. The predicted molar refractivity (Wildman–Crippen MR) is 93.8 cm³/mol. The first kappa shape index (κ1) is 16.8. The lowest BCUT2D eigenvalue weighted by molar-refractivity contribution is -0.119. The maximum absolute atomic E-state index is 12.6. The normalized spacial score (nSPS) is 16.4. The first-order valence-electron chi connectivity index (χ1n) is 8.16. The minimum Gasteiger partial charge on any atom is -0.495 e. The van der Waals surface area contributed by atoms with Crippen LogP contribution in [0.1, 0.15) is 12.8 Å². The average Bonchev–Trinajstić information content (AvgIpc) is 3.13. The summed E-state index contributed by atoms with van der Waals surface area (Å²) in [6.07, 6.45) is 0.850. The molecule has 2 aromatic carbocycles. The van der Waals surface area contributed by atoms with Crippen LogP contribution in [0.5, 0.6) is 11.5 Å². The van der Waals surface area contributed by atoms with Crippen LogP contribution in [-0.4, -0.2) is 36.6 Å². The Hall–Kier alpha value is -3.02. The van der Waals surface area contributed by atoms with Crippen molar-refractivity contribution < 1.29 is 19.1 Å². The van der Waals surface area contributed by atoms with Crippen molar-refractivity contribution in [1.29, 1.82) is 0 Å². The number of methoxy groups -OCH3 is 1. The third-order valence-electron chi connectivity index (χ3n) is 4.10. The number of benzene rings is 2. The summed E-state index contributed by atoms with van der Waals surface area (Å²) in [7, 11) is 1.55. The molecular formula is C19H20N2O4. The van der Waals surface area contributed by atoms with Crippen LogP contribution in [0.4, 0.5) is 10.5 Å². The monoisotopic (exact) mass is 340 g/mol. The molecule has 6 heteroatoms. The fourth-order valence-electron chi connectivity index (χ4n) is 2.87. The van der Waals surface area contributed by atoms with E-state index >= 15 is 0 Å². The molecule has 1 heterocycles. The number of anilines is 1. The quantitative estimate of drug-likeness (QED) is 0.927. The van der Waals surface area contributed by atoms with Crippen LogP contribution in [0.3, 0.4) is 0 Å². The van der Waals surface area contributed by atoms with Crippen LogP contribution in [0.25, 0.3) is 0 Å². The van der Waals surface area contributed by atoms with Gasteiger partial charge in [-0.25, -0.2) is 4.79 Å². The number of carbonyl (C=O) groups excluding carboxylic acids is 2. The van der Waals surface area contributed by atoms with Gasteiger partial charge in [0.05, 0.1) is 12.8 Å². The fraction of sp³-hybridized carbons (Fsp3) is 0.263. The number of hydrogen-bond donors (Lipinski definition) is 1. The zero-order valence-corrected chi connectivity index (χ0v) is 14.0. The molecule has 1 atom stereocenters. The minimum absolute atomic E-state index is 0.244. The molecule has 0 bridgehead atoms. The van der Waals surface area contributed by atoms with Crippen molar-refractivity contribution in [3.8, 4) is 11.5 Å².